The summed E-state index contributed by atoms with van der Waals surface area (Å²) < 4.78 is 10.6. The first-order valence-electron chi connectivity index (χ1n) is 8.97. The van der Waals surface area contributed by atoms with Gasteiger partial charge in [-0.05, 0) is 31.2 Å². The third-order valence-electron chi connectivity index (χ3n) is 5.21. The Morgan fingerprint density at radius 3 is 2.57 bits per heavy atom. The van der Waals surface area contributed by atoms with Crippen LogP contribution in [0, 0.1) is 23.0 Å². The van der Waals surface area contributed by atoms with Crippen LogP contribution in [0.25, 0.3) is 0 Å². The highest BCUT2D eigenvalue weighted by Gasteiger charge is 2.57. The van der Waals surface area contributed by atoms with Crippen LogP contribution in [0.5, 0.6) is 11.5 Å². The van der Waals surface area contributed by atoms with E-state index in [9.17, 15) is 19.7 Å². The van der Waals surface area contributed by atoms with Gasteiger partial charge in [0.15, 0.2) is 0 Å². The van der Waals surface area contributed by atoms with Gasteiger partial charge in [-0.2, -0.15) is 0 Å². The average Bonchev–Trinajstić information content (AvgIpc) is 3.28. The zero-order valence-electron chi connectivity index (χ0n) is 16.3. The minimum Gasteiger partial charge on any atom is -0.497 e. The molecule has 2 heterocycles. The van der Waals surface area contributed by atoms with Crippen molar-refractivity contribution in [1.29, 1.82) is 0 Å². The molecule has 1 saturated heterocycles. The third kappa shape index (κ3) is 2.76. The van der Waals surface area contributed by atoms with Gasteiger partial charge in [0.25, 0.3) is 11.6 Å². The van der Waals surface area contributed by atoms with Gasteiger partial charge >= 0.3 is 0 Å². The number of carbonyl (C=O) groups excluding carboxylic acids is 2. The van der Waals surface area contributed by atoms with Crippen molar-refractivity contribution in [1.82, 2.24) is 0 Å². The SMILES string of the molecule is COc1ccc(OC)c(C2=NOC3C(=O)N(c4cccc([N+](=O)[O-])c4C)C(=O)C23)c1. The topological polar surface area (TPSA) is 121 Å². The van der Waals surface area contributed by atoms with Crippen LogP contribution in [0.3, 0.4) is 0 Å². The molecule has 2 aliphatic heterocycles. The van der Waals surface area contributed by atoms with Crippen LogP contribution >= 0.6 is 0 Å². The van der Waals surface area contributed by atoms with Crippen LogP contribution in [0.4, 0.5) is 11.4 Å². The zero-order valence-corrected chi connectivity index (χ0v) is 16.3. The Kier molecular flexibility index (Phi) is 4.61. The van der Waals surface area contributed by atoms with Gasteiger partial charge in [-0.15, -0.1) is 0 Å². The third-order valence-corrected chi connectivity index (χ3v) is 5.21. The Bertz CT molecular complexity index is 1110. The maximum absolute atomic E-state index is 13.3. The monoisotopic (exact) mass is 411 g/mol. The smallest absolute Gasteiger partial charge is 0.278 e. The molecule has 154 valence electrons. The summed E-state index contributed by atoms with van der Waals surface area (Å²) in [6, 6.07) is 9.22. The number of hydrogen-bond acceptors (Lipinski definition) is 8. The molecule has 10 nitrogen and oxygen atoms in total. The van der Waals surface area contributed by atoms with E-state index in [2.05, 4.69) is 5.16 Å². The summed E-state index contributed by atoms with van der Waals surface area (Å²) in [5, 5.41) is 15.2. The molecule has 4 rings (SSSR count). The maximum Gasteiger partial charge on any atom is 0.278 e. The number of anilines is 1. The Labute approximate surface area is 170 Å². The number of nitro benzene ring substituents is 1. The summed E-state index contributed by atoms with van der Waals surface area (Å²) in [4.78, 5) is 43.2. The summed E-state index contributed by atoms with van der Waals surface area (Å²) in [5.41, 5.74) is 0.869. The van der Waals surface area contributed by atoms with E-state index in [0.717, 1.165) is 4.90 Å². The van der Waals surface area contributed by atoms with E-state index in [1.807, 2.05) is 0 Å². The Morgan fingerprint density at radius 2 is 1.90 bits per heavy atom. The number of methoxy groups -OCH3 is 2. The second kappa shape index (κ2) is 7.14. The van der Waals surface area contributed by atoms with Gasteiger partial charge < -0.3 is 14.3 Å². The second-order valence-electron chi connectivity index (χ2n) is 6.74. The summed E-state index contributed by atoms with van der Waals surface area (Å²) >= 11 is 0. The molecule has 0 aliphatic carbocycles. The van der Waals surface area contributed by atoms with Crippen LogP contribution in [0.15, 0.2) is 41.6 Å². The van der Waals surface area contributed by atoms with Crippen molar-refractivity contribution in [3.05, 3.63) is 57.6 Å². The molecule has 2 aromatic carbocycles. The fraction of sp³-hybridized carbons (Fsp3) is 0.250. The van der Waals surface area contributed by atoms with E-state index in [1.54, 1.807) is 18.2 Å². The fourth-order valence-electron chi connectivity index (χ4n) is 3.70. The van der Waals surface area contributed by atoms with Crippen LogP contribution in [0.1, 0.15) is 11.1 Å². The van der Waals surface area contributed by atoms with Crippen molar-refractivity contribution in [2.75, 3.05) is 19.1 Å². The van der Waals surface area contributed by atoms with Gasteiger partial charge in [-0.25, -0.2) is 4.90 Å². The number of benzene rings is 2. The number of carbonyl (C=O) groups is 2. The molecular formula is C20H17N3O7. The van der Waals surface area contributed by atoms with E-state index in [1.165, 1.54) is 39.3 Å². The van der Waals surface area contributed by atoms with Crippen molar-refractivity contribution < 1.29 is 28.8 Å². The van der Waals surface area contributed by atoms with Gasteiger partial charge in [0.2, 0.25) is 12.0 Å². The average molecular weight is 411 g/mol. The molecule has 2 atom stereocenters. The standard InChI is InChI=1S/C20H17N3O7/c1-10-13(5-4-6-14(10)23(26)27)22-19(24)16-17(21-30-18(16)20(22)25)12-9-11(28-2)7-8-15(12)29-3/h4-9,16,18H,1-3H3. The zero-order chi connectivity index (χ0) is 21.6. The van der Waals surface area contributed by atoms with E-state index in [0.29, 0.717) is 17.1 Å². The number of imide groups is 1. The fourth-order valence-corrected chi connectivity index (χ4v) is 3.70. The van der Waals surface area contributed by atoms with Gasteiger partial charge in [-0.1, -0.05) is 11.2 Å². The number of rotatable bonds is 5. The lowest BCUT2D eigenvalue weighted by Gasteiger charge is -2.18. The number of fused-ring (bicyclic) bond motifs is 1. The first kappa shape index (κ1) is 19.4. The first-order valence-corrected chi connectivity index (χ1v) is 8.97. The molecule has 2 unspecified atom stereocenters. The number of oxime groups is 1. The summed E-state index contributed by atoms with van der Waals surface area (Å²) in [5.74, 6) is -1.26. The maximum atomic E-state index is 13.3. The van der Waals surface area contributed by atoms with Crippen molar-refractivity contribution in [2.45, 2.75) is 13.0 Å². The first-order chi connectivity index (χ1) is 14.4. The number of amides is 2. The van der Waals surface area contributed by atoms with Crippen molar-refractivity contribution in [2.24, 2.45) is 11.1 Å². The number of ether oxygens (including phenoxy) is 2. The lowest BCUT2D eigenvalue weighted by molar-refractivity contribution is -0.385. The Morgan fingerprint density at radius 1 is 1.13 bits per heavy atom. The molecular weight excluding hydrogens is 394 g/mol. The van der Waals surface area contributed by atoms with Crippen LogP contribution < -0.4 is 14.4 Å². The molecule has 0 aromatic heterocycles. The van der Waals surface area contributed by atoms with Crippen molar-refractivity contribution in [3.8, 4) is 11.5 Å². The number of hydrogen-bond donors (Lipinski definition) is 0. The molecule has 10 heteroatoms. The van der Waals surface area contributed by atoms with Crippen LogP contribution in [-0.2, 0) is 14.4 Å². The van der Waals surface area contributed by atoms with E-state index >= 15 is 0 Å². The van der Waals surface area contributed by atoms with Gasteiger partial charge in [0.1, 0.15) is 23.1 Å². The van der Waals surface area contributed by atoms with Gasteiger partial charge in [-0.3, -0.25) is 19.7 Å². The van der Waals surface area contributed by atoms with Crippen LogP contribution in [-0.4, -0.2) is 42.8 Å². The van der Waals surface area contributed by atoms with Crippen molar-refractivity contribution in [3.63, 3.8) is 0 Å². The summed E-state index contributed by atoms with van der Waals surface area (Å²) in [6.07, 6.45) is -1.15. The molecule has 0 saturated carbocycles. The summed E-state index contributed by atoms with van der Waals surface area (Å²) in [7, 11) is 2.97. The lowest BCUT2D eigenvalue weighted by atomic mass is 9.93. The van der Waals surface area contributed by atoms with Gasteiger partial charge in [0.05, 0.1) is 30.4 Å². The molecule has 0 bridgehead atoms. The molecule has 2 amide bonds. The highest BCUT2D eigenvalue weighted by atomic mass is 16.7. The van der Waals surface area contributed by atoms with Crippen molar-refractivity contribution >= 4 is 28.9 Å². The molecule has 2 aromatic rings. The second-order valence-corrected chi connectivity index (χ2v) is 6.74. The Balaban J connectivity index is 1.77. The summed E-state index contributed by atoms with van der Waals surface area (Å²) in [6.45, 7) is 1.49. The number of nitrogens with zero attached hydrogens (tertiary/aromatic N) is 3. The van der Waals surface area contributed by atoms with E-state index < -0.39 is 28.8 Å². The van der Waals surface area contributed by atoms with Gasteiger partial charge in [0, 0.05) is 11.6 Å². The molecule has 2 aliphatic rings. The largest absolute Gasteiger partial charge is 0.497 e. The molecule has 30 heavy (non-hydrogen) atoms. The predicted octanol–water partition coefficient (Wildman–Crippen LogP) is 2.21. The quantitative estimate of drug-likeness (QED) is 0.420. The van der Waals surface area contributed by atoms with E-state index in [4.69, 9.17) is 14.3 Å². The Hall–Kier alpha value is -3.95. The van der Waals surface area contributed by atoms with Crippen LogP contribution in [0.2, 0.25) is 0 Å². The molecule has 0 spiro atoms. The number of nitro groups is 1. The minimum absolute atomic E-state index is 0.147. The molecule has 0 N–H and O–H groups in total. The molecule has 1 fully saturated rings. The normalized spacial score (nSPS) is 20.0. The predicted molar refractivity (Wildman–Crippen MR) is 105 cm³/mol. The minimum atomic E-state index is -1.15. The van der Waals surface area contributed by atoms with E-state index in [-0.39, 0.29) is 22.6 Å². The highest BCUT2D eigenvalue weighted by molar-refractivity contribution is 6.33. The highest BCUT2D eigenvalue weighted by Crippen LogP contribution is 2.40. The lowest BCUT2D eigenvalue weighted by Crippen LogP contribution is -2.33. The molecule has 0 radical (unpaired) electrons.